The number of sulfone groups is 1. The van der Waals surface area contributed by atoms with Crippen LogP contribution in [0.1, 0.15) is 16.8 Å². The van der Waals surface area contributed by atoms with E-state index in [-0.39, 0.29) is 22.8 Å². The normalized spacial score (nSPS) is 23.0. The topological polar surface area (TPSA) is 113 Å². The van der Waals surface area contributed by atoms with Crippen LogP contribution in [0.3, 0.4) is 0 Å². The van der Waals surface area contributed by atoms with Crippen molar-refractivity contribution in [3.05, 3.63) is 33.9 Å². The van der Waals surface area contributed by atoms with E-state index in [1.54, 1.807) is 12.1 Å². The summed E-state index contributed by atoms with van der Waals surface area (Å²) in [6, 6.07) is 3.99. The molecule has 3 rings (SSSR count). The zero-order chi connectivity index (χ0) is 18.9. The summed E-state index contributed by atoms with van der Waals surface area (Å²) >= 11 is 0. The minimum atomic E-state index is -3.10. The molecule has 26 heavy (non-hydrogen) atoms. The van der Waals surface area contributed by atoms with E-state index >= 15 is 0 Å². The minimum Gasteiger partial charge on any atom is -0.363 e. The highest BCUT2D eigenvalue weighted by molar-refractivity contribution is 7.91. The molecule has 10 heteroatoms. The number of benzene rings is 1. The van der Waals surface area contributed by atoms with Gasteiger partial charge < -0.3 is 15.1 Å². The highest BCUT2D eigenvalue weighted by Gasteiger charge is 2.30. The Bertz CT molecular complexity index is 818. The van der Waals surface area contributed by atoms with E-state index in [1.165, 1.54) is 6.07 Å². The van der Waals surface area contributed by atoms with Crippen LogP contribution in [-0.4, -0.2) is 74.9 Å². The monoisotopic (exact) mass is 382 g/mol. The van der Waals surface area contributed by atoms with Crippen molar-refractivity contribution in [1.29, 1.82) is 0 Å². The van der Waals surface area contributed by atoms with Gasteiger partial charge in [-0.15, -0.1) is 0 Å². The Hall–Kier alpha value is -2.20. The maximum absolute atomic E-state index is 12.4. The number of anilines is 1. The molecule has 0 aromatic heterocycles. The van der Waals surface area contributed by atoms with Crippen molar-refractivity contribution in [2.75, 3.05) is 49.6 Å². The van der Waals surface area contributed by atoms with Crippen LogP contribution < -0.4 is 10.2 Å². The molecule has 1 N–H and O–H groups in total. The molecular weight excluding hydrogens is 360 g/mol. The van der Waals surface area contributed by atoms with Crippen LogP contribution in [0.4, 0.5) is 11.4 Å². The van der Waals surface area contributed by atoms with Crippen LogP contribution in [0.2, 0.25) is 0 Å². The number of piperazine rings is 1. The van der Waals surface area contributed by atoms with Crippen LogP contribution in [0.5, 0.6) is 0 Å². The third-order valence-corrected chi connectivity index (χ3v) is 6.61. The summed E-state index contributed by atoms with van der Waals surface area (Å²) in [5.74, 6) is -0.513. The first-order chi connectivity index (χ1) is 12.2. The van der Waals surface area contributed by atoms with Crippen molar-refractivity contribution >= 4 is 27.1 Å². The molecule has 1 amide bonds. The number of amides is 1. The first kappa shape index (κ1) is 18.6. The van der Waals surface area contributed by atoms with Crippen LogP contribution in [0.15, 0.2) is 18.2 Å². The van der Waals surface area contributed by atoms with Gasteiger partial charge in [-0.25, -0.2) is 8.42 Å². The molecule has 9 nitrogen and oxygen atoms in total. The molecule has 1 atom stereocenters. The number of hydrogen-bond donors (Lipinski definition) is 1. The summed E-state index contributed by atoms with van der Waals surface area (Å²) in [7, 11) is -1.10. The van der Waals surface area contributed by atoms with Gasteiger partial charge in [0.2, 0.25) is 0 Å². The molecule has 0 spiro atoms. The molecule has 142 valence electrons. The molecule has 2 fully saturated rings. The molecular formula is C16H22N4O5S. The van der Waals surface area contributed by atoms with Crippen molar-refractivity contribution in [3.63, 3.8) is 0 Å². The molecule has 2 aliphatic heterocycles. The largest absolute Gasteiger partial charge is 0.363 e. The number of carbonyl (C=O) groups excluding carboxylic acids is 1. The van der Waals surface area contributed by atoms with Gasteiger partial charge in [-0.2, -0.15) is 0 Å². The number of rotatable bonds is 4. The van der Waals surface area contributed by atoms with E-state index < -0.39 is 26.7 Å². The fourth-order valence-corrected chi connectivity index (χ4v) is 4.98. The number of nitrogens with zero attached hydrogens (tertiary/aromatic N) is 3. The van der Waals surface area contributed by atoms with Gasteiger partial charge >= 0.3 is 0 Å². The number of nitrogens with one attached hydrogen (secondary N) is 1. The SMILES string of the molecule is CN1CCN(c2ccc(C(=O)NC3CCS(=O)(=O)C3)cc2[N+](=O)[O-])CC1. The van der Waals surface area contributed by atoms with E-state index in [0.29, 0.717) is 25.2 Å². The van der Waals surface area contributed by atoms with Crippen molar-refractivity contribution in [2.45, 2.75) is 12.5 Å². The van der Waals surface area contributed by atoms with Crippen LogP contribution in [0, 0.1) is 10.1 Å². The minimum absolute atomic E-state index is 0.0560. The summed E-state index contributed by atoms with van der Waals surface area (Å²) in [6.45, 7) is 3.00. The molecule has 1 unspecified atom stereocenters. The summed E-state index contributed by atoms with van der Waals surface area (Å²) in [4.78, 5) is 27.5. The van der Waals surface area contributed by atoms with Gasteiger partial charge in [0.05, 0.1) is 16.4 Å². The third kappa shape index (κ3) is 4.13. The van der Waals surface area contributed by atoms with E-state index in [4.69, 9.17) is 0 Å². The van der Waals surface area contributed by atoms with E-state index in [1.807, 2.05) is 11.9 Å². The zero-order valence-electron chi connectivity index (χ0n) is 14.6. The predicted molar refractivity (Wildman–Crippen MR) is 97.3 cm³/mol. The quantitative estimate of drug-likeness (QED) is 0.587. The van der Waals surface area contributed by atoms with Gasteiger partial charge in [0.15, 0.2) is 9.84 Å². The highest BCUT2D eigenvalue weighted by Crippen LogP contribution is 2.30. The zero-order valence-corrected chi connectivity index (χ0v) is 15.4. The van der Waals surface area contributed by atoms with E-state index in [9.17, 15) is 23.3 Å². The second-order valence-electron chi connectivity index (χ2n) is 6.82. The highest BCUT2D eigenvalue weighted by atomic mass is 32.2. The van der Waals surface area contributed by atoms with Crippen LogP contribution in [-0.2, 0) is 9.84 Å². The number of carbonyl (C=O) groups is 1. The first-order valence-corrected chi connectivity index (χ1v) is 10.3. The van der Waals surface area contributed by atoms with Gasteiger partial charge in [-0.1, -0.05) is 0 Å². The Balaban J connectivity index is 1.77. The number of likely N-dealkylation sites (N-methyl/N-ethyl adjacent to an activating group) is 1. The fraction of sp³-hybridized carbons (Fsp3) is 0.562. The maximum Gasteiger partial charge on any atom is 0.293 e. The third-order valence-electron chi connectivity index (χ3n) is 4.85. The first-order valence-electron chi connectivity index (χ1n) is 8.48. The van der Waals surface area contributed by atoms with Crippen molar-refractivity contribution in [2.24, 2.45) is 0 Å². The summed E-state index contributed by atoms with van der Waals surface area (Å²) in [5.41, 5.74) is 0.559. The Labute approximate surface area is 152 Å². The lowest BCUT2D eigenvalue weighted by Gasteiger charge is -2.33. The summed E-state index contributed by atoms with van der Waals surface area (Å²) in [5, 5.41) is 14.2. The van der Waals surface area contributed by atoms with Crippen LogP contribution in [0.25, 0.3) is 0 Å². The van der Waals surface area contributed by atoms with Gasteiger partial charge in [0.25, 0.3) is 11.6 Å². The average Bonchev–Trinajstić information content (AvgIpc) is 2.93. The molecule has 0 saturated carbocycles. The summed E-state index contributed by atoms with van der Waals surface area (Å²) in [6.07, 6.45) is 0.371. The lowest BCUT2D eigenvalue weighted by atomic mass is 10.1. The Kier molecular flexibility index (Phi) is 5.15. The molecule has 2 saturated heterocycles. The fourth-order valence-electron chi connectivity index (χ4n) is 3.30. The molecule has 0 bridgehead atoms. The van der Waals surface area contributed by atoms with Crippen molar-refractivity contribution in [1.82, 2.24) is 10.2 Å². The lowest BCUT2D eigenvalue weighted by molar-refractivity contribution is -0.384. The standard InChI is InChI=1S/C16H22N4O5S/c1-18-5-7-19(8-6-18)14-3-2-12(10-15(14)20(22)23)16(21)17-13-4-9-26(24,25)11-13/h2-3,10,13H,4-9,11H2,1H3,(H,17,21). The lowest BCUT2D eigenvalue weighted by Crippen LogP contribution is -2.44. The molecule has 1 aromatic carbocycles. The second-order valence-corrected chi connectivity index (χ2v) is 9.05. The smallest absolute Gasteiger partial charge is 0.293 e. The Morgan fingerprint density at radius 3 is 2.54 bits per heavy atom. The molecule has 0 aliphatic carbocycles. The van der Waals surface area contributed by atoms with Crippen molar-refractivity contribution in [3.8, 4) is 0 Å². The predicted octanol–water partition coefficient (Wildman–Crippen LogP) is 0.264. The van der Waals surface area contributed by atoms with Gasteiger partial charge in [-0.3, -0.25) is 14.9 Å². The summed E-state index contributed by atoms with van der Waals surface area (Å²) < 4.78 is 23.0. The molecule has 2 aliphatic rings. The number of nitro groups is 1. The Morgan fingerprint density at radius 1 is 1.27 bits per heavy atom. The molecule has 0 radical (unpaired) electrons. The van der Waals surface area contributed by atoms with Gasteiger partial charge in [-0.05, 0) is 25.6 Å². The van der Waals surface area contributed by atoms with E-state index in [0.717, 1.165) is 13.1 Å². The molecule has 1 aromatic rings. The number of hydrogen-bond acceptors (Lipinski definition) is 7. The van der Waals surface area contributed by atoms with Crippen molar-refractivity contribution < 1.29 is 18.1 Å². The average molecular weight is 382 g/mol. The Morgan fingerprint density at radius 2 is 1.96 bits per heavy atom. The van der Waals surface area contributed by atoms with Gasteiger partial charge in [0.1, 0.15) is 5.69 Å². The van der Waals surface area contributed by atoms with Crippen LogP contribution >= 0.6 is 0 Å². The maximum atomic E-state index is 12.4. The number of nitro benzene ring substituents is 1. The molecule has 2 heterocycles. The van der Waals surface area contributed by atoms with E-state index in [2.05, 4.69) is 10.2 Å². The van der Waals surface area contributed by atoms with Gasteiger partial charge in [0, 0.05) is 43.9 Å². The second kappa shape index (κ2) is 7.20.